The minimum atomic E-state index is 0.0643. The van der Waals surface area contributed by atoms with Crippen molar-refractivity contribution >= 4 is 17.7 Å². The fourth-order valence-corrected chi connectivity index (χ4v) is 3.88. The molecule has 0 aliphatic carbocycles. The van der Waals surface area contributed by atoms with Gasteiger partial charge in [-0.1, -0.05) is 12.5 Å². The molecule has 5 nitrogen and oxygen atoms in total. The van der Waals surface area contributed by atoms with Crippen LogP contribution in [0, 0.1) is 0 Å². The Labute approximate surface area is 153 Å². The van der Waals surface area contributed by atoms with Gasteiger partial charge in [-0.3, -0.25) is 14.7 Å². The fourth-order valence-electron chi connectivity index (χ4n) is 3.11. The van der Waals surface area contributed by atoms with Crippen LogP contribution >= 0.6 is 11.8 Å². The number of hydrogen-bond acceptors (Lipinski definition) is 5. The summed E-state index contributed by atoms with van der Waals surface area (Å²) in [6.45, 7) is 2.72. The van der Waals surface area contributed by atoms with Gasteiger partial charge in [-0.05, 0) is 50.2 Å². The smallest absolute Gasteiger partial charge is 0.230 e. The molecule has 6 heteroatoms. The van der Waals surface area contributed by atoms with Crippen LogP contribution in [0.5, 0.6) is 0 Å². The predicted molar refractivity (Wildman–Crippen MR) is 100 cm³/mol. The average Bonchev–Trinajstić information content (AvgIpc) is 3.18. The van der Waals surface area contributed by atoms with Crippen molar-refractivity contribution < 1.29 is 9.21 Å². The van der Waals surface area contributed by atoms with Gasteiger partial charge in [-0.2, -0.15) is 0 Å². The second-order valence-electron chi connectivity index (χ2n) is 6.25. The molecule has 0 bridgehead atoms. The number of carbonyl (C=O) groups is 1. The first kappa shape index (κ1) is 18.0. The first-order valence-corrected chi connectivity index (χ1v) is 10.0. The van der Waals surface area contributed by atoms with Crippen LogP contribution in [0.3, 0.4) is 0 Å². The van der Waals surface area contributed by atoms with Gasteiger partial charge in [0.25, 0.3) is 0 Å². The third kappa shape index (κ3) is 5.61. The maximum atomic E-state index is 12.2. The monoisotopic (exact) mass is 359 g/mol. The van der Waals surface area contributed by atoms with Crippen LogP contribution in [0.4, 0.5) is 0 Å². The summed E-state index contributed by atoms with van der Waals surface area (Å²) < 4.78 is 5.61. The number of amides is 1. The number of likely N-dealkylation sites (tertiary alicyclic amines) is 1. The van der Waals surface area contributed by atoms with E-state index in [0.29, 0.717) is 12.3 Å². The lowest BCUT2D eigenvalue weighted by atomic mass is 10.1. The lowest BCUT2D eigenvalue weighted by Crippen LogP contribution is -2.40. The van der Waals surface area contributed by atoms with Crippen molar-refractivity contribution in [3.63, 3.8) is 0 Å². The van der Waals surface area contributed by atoms with E-state index < -0.39 is 0 Å². The van der Waals surface area contributed by atoms with E-state index >= 15 is 0 Å². The van der Waals surface area contributed by atoms with Crippen LogP contribution in [-0.4, -0.2) is 41.2 Å². The lowest BCUT2D eigenvalue weighted by Gasteiger charge is -2.33. The molecule has 0 radical (unpaired) electrons. The van der Waals surface area contributed by atoms with Gasteiger partial charge < -0.3 is 9.73 Å². The molecule has 1 N–H and O–H groups in total. The Kier molecular flexibility index (Phi) is 6.94. The van der Waals surface area contributed by atoms with Gasteiger partial charge in [0.05, 0.1) is 23.8 Å². The summed E-state index contributed by atoms with van der Waals surface area (Å²) in [7, 11) is 0. The molecule has 1 fully saturated rings. The van der Waals surface area contributed by atoms with Gasteiger partial charge in [0.15, 0.2) is 0 Å². The number of pyridine rings is 1. The van der Waals surface area contributed by atoms with Crippen molar-refractivity contribution in [2.24, 2.45) is 0 Å². The van der Waals surface area contributed by atoms with E-state index in [9.17, 15) is 4.79 Å². The molecule has 0 saturated carbocycles. The third-order valence-corrected chi connectivity index (χ3v) is 5.37. The van der Waals surface area contributed by atoms with Crippen molar-refractivity contribution in [1.82, 2.24) is 15.2 Å². The van der Waals surface area contributed by atoms with Crippen LogP contribution in [0.15, 0.2) is 47.2 Å². The van der Waals surface area contributed by atoms with Crippen LogP contribution < -0.4 is 5.32 Å². The molecule has 1 aliphatic heterocycles. The summed E-state index contributed by atoms with van der Waals surface area (Å²) in [6, 6.07) is 9.89. The van der Waals surface area contributed by atoms with Gasteiger partial charge in [0.2, 0.25) is 5.91 Å². The predicted octanol–water partition coefficient (Wildman–Crippen LogP) is 3.25. The highest BCUT2D eigenvalue weighted by molar-refractivity contribution is 7.99. The Bertz CT molecular complexity index is 627. The fraction of sp³-hybridized carbons (Fsp3) is 0.474. The minimum Gasteiger partial charge on any atom is -0.468 e. The Morgan fingerprint density at radius 1 is 1.24 bits per heavy atom. The molecular formula is C19H25N3O2S. The molecule has 1 saturated heterocycles. The second-order valence-corrected chi connectivity index (χ2v) is 7.23. The molecule has 3 rings (SSSR count). The molecule has 0 aromatic carbocycles. The van der Waals surface area contributed by atoms with Crippen LogP contribution in [0.2, 0.25) is 0 Å². The second kappa shape index (κ2) is 9.63. The minimum absolute atomic E-state index is 0.0643. The van der Waals surface area contributed by atoms with E-state index in [4.69, 9.17) is 4.42 Å². The third-order valence-electron chi connectivity index (χ3n) is 4.40. The van der Waals surface area contributed by atoms with Crippen molar-refractivity contribution in [2.45, 2.75) is 31.1 Å². The molecule has 134 valence electrons. The summed E-state index contributed by atoms with van der Waals surface area (Å²) >= 11 is 1.59. The van der Waals surface area contributed by atoms with Crippen molar-refractivity contribution in [3.8, 4) is 0 Å². The van der Waals surface area contributed by atoms with E-state index in [1.807, 2.05) is 30.3 Å². The first-order chi connectivity index (χ1) is 12.3. The number of furan rings is 1. The number of hydrogen-bond donors (Lipinski definition) is 1. The van der Waals surface area contributed by atoms with Crippen LogP contribution in [-0.2, 0) is 10.5 Å². The molecule has 2 aromatic rings. The molecule has 1 unspecified atom stereocenters. The summed E-state index contributed by atoms with van der Waals surface area (Å²) in [4.78, 5) is 18.9. The standard InChI is InChI=1S/C19H25N3O2S/c23-19(15-25-14-16-7-2-3-9-20-16)21-13-17(18-8-6-12-24-18)22-10-4-1-5-11-22/h2-3,6-9,12,17H,1,4-5,10-11,13-15H2,(H,21,23). The zero-order valence-electron chi connectivity index (χ0n) is 14.4. The lowest BCUT2D eigenvalue weighted by molar-refractivity contribution is -0.118. The molecule has 0 spiro atoms. The van der Waals surface area contributed by atoms with Gasteiger partial charge in [0.1, 0.15) is 5.76 Å². The number of carbonyl (C=O) groups excluding carboxylic acids is 1. The van der Waals surface area contributed by atoms with E-state index in [0.717, 1.165) is 30.3 Å². The van der Waals surface area contributed by atoms with E-state index in [2.05, 4.69) is 15.2 Å². The maximum Gasteiger partial charge on any atom is 0.230 e. The number of aromatic nitrogens is 1. The SMILES string of the molecule is O=C(CSCc1ccccn1)NCC(c1ccco1)N1CCCCC1. The average molecular weight is 359 g/mol. The van der Waals surface area contributed by atoms with Crippen molar-refractivity contribution in [3.05, 3.63) is 54.2 Å². The van der Waals surface area contributed by atoms with Gasteiger partial charge in [0, 0.05) is 18.5 Å². The number of nitrogens with zero attached hydrogens (tertiary/aromatic N) is 2. The Balaban J connectivity index is 1.46. The van der Waals surface area contributed by atoms with Gasteiger partial charge in [-0.15, -0.1) is 11.8 Å². The zero-order chi connectivity index (χ0) is 17.3. The summed E-state index contributed by atoms with van der Waals surface area (Å²) in [5.41, 5.74) is 1.00. The highest BCUT2D eigenvalue weighted by Gasteiger charge is 2.24. The largest absolute Gasteiger partial charge is 0.468 e. The van der Waals surface area contributed by atoms with Crippen molar-refractivity contribution in [2.75, 3.05) is 25.4 Å². The number of rotatable bonds is 8. The highest BCUT2D eigenvalue weighted by Crippen LogP contribution is 2.24. The quantitative estimate of drug-likeness (QED) is 0.784. The zero-order valence-corrected chi connectivity index (χ0v) is 15.2. The molecule has 1 atom stereocenters. The normalized spacial score (nSPS) is 16.5. The summed E-state index contributed by atoms with van der Waals surface area (Å²) in [5.74, 6) is 2.20. The van der Waals surface area contributed by atoms with Gasteiger partial charge in [-0.25, -0.2) is 0 Å². The number of nitrogens with one attached hydrogen (secondary N) is 1. The molecule has 1 amide bonds. The van der Waals surface area contributed by atoms with Crippen LogP contribution in [0.1, 0.15) is 36.8 Å². The molecule has 25 heavy (non-hydrogen) atoms. The molecule has 2 aromatic heterocycles. The first-order valence-electron chi connectivity index (χ1n) is 8.85. The molecular weight excluding hydrogens is 334 g/mol. The highest BCUT2D eigenvalue weighted by atomic mass is 32.2. The van der Waals surface area contributed by atoms with Crippen molar-refractivity contribution in [1.29, 1.82) is 0 Å². The maximum absolute atomic E-state index is 12.2. The molecule has 1 aliphatic rings. The topological polar surface area (TPSA) is 58.4 Å². The summed E-state index contributed by atoms with van der Waals surface area (Å²) in [6.07, 6.45) is 7.20. The number of thioether (sulfide) groups is 1. The van der Waals surface area contributed by atoms with Crippen LogP contribution in [0.25, 0.3) is 0 Å². The van der Waals surface area contributed by atoms with E-state index in [-0.39, 0.29) is 11.9 Å². The Morgan fingerprint density at radius 2 is 2.12 bits per heavy atom. The molecule has 3 heterocycles. The van der Waals surface area contributed by atoms with E-state index in [1.54, 1.807) is 24.2 Å². The Hall–Kier alpha value is -1.79. The number of piperidine rings is 1. The van der Waals surface area contributed by atoms with E-state index in [1.165, 1.54) is 19.3 Å². The van der Waals surface area contributed by atoms with Gasteiger partial charge >= 0.3 is 0 Å². The summed E-state index contributed by atoms with van der Waals surface area (Å²) in [5, 5.41) is 3.07. The Morgan fingerprint density at radius 3 is 2.84 bits per heavy atom.